The topological polar surface area (TPSA) is 79.7 Å². The highest BCUT2D eigenvalue weighted by molar-refractivity contribution is 5.81. The summed E-state index contributed by atoms with van der Waals surface area (Å²) < 4.78 is 5.37. The first kappa shape index (κ1) is 17.0. The van der Waals surface area contributed by atoms with E-state index in [0.29, 0.717) is 12.3 Å². The molecule has 0 radical (unpaired) electrons. The van der Waals surface area contributed by atoms with Gasteiger partial charge in [0.05, 0.1) is 19.4 Å². The smallest absolute Gasteiger partial charge is 0.308 e. The van der Waals surface area contributed by atoms with Crippen molar-refractivity contribution in [3.8, 4) is 5.75 Å². The Labute approximate surface area is 146 Å². The molecule has 0 unspecified atom stereocenters. The minimum absolute atomic E-state index is 0.0864. The van der Waals surface area contributed by atoms with Crippen molar-refractivity contribution in [1.82, 2.24) is 9.88 Å². The van der Waals surface area contributed by atoms with E-state index in [1.807, 2.05) is 30.3 Å². The largest absolute Gasteiger partial charge is 0.496 e. The Hall–Kier alpha value is -2.89. The maximum Gasteiger partial charge on any atom is 0.308 e. The lowest BCUT2D eigenvalue weighted by Crippen LogP contribution is -2.31. The third-order valence-electron chi connectivity index (χ3n) is 4.61. The normalized spacial score (nSPS) is 19.6. The summed E-state index contributed by atoms with van der Waals surface area (Å²) in [6.45, 7) is 0.577. The molecule has 0 spiro atoms. The van der Waals surface area contributed by atoms with Gasteiger partial charge in [0.15, 0.2) is 0 Å². The molecule has 6 heteroatoms. The summed E-state index contributed by atoms with van der Waals surface area (Å²) in [6, 6.07) is 11.0. The number of methoxy groups -OCH3 is 1. The summed E-state index contributed by atoms with van der Waals surface area (Å²) >= 11 is 0. The van der Waals surface area contributed by atoms with E-state index in [9.17, 15) is 14.7 Å². The number of likely N-dealkylation sites (tertiary alicyclic amines) is 1. The highest BCUT2D eigenvalue weighted by Gasteiger charge is 2.41. The molecule has 1 aliphatic rings. The highest BCUT2D eigenvalue weighted by atomic mass is 16.5. The molecular formula is C19H20N2O4. The lowest BCUT2D eigenvalue weighted by atomic mass is 9.88. The molecule has 2 aromatic rings. The van der Waals surface area contributed by atoms with Crippen molar-refractivity contribution in [1.29, 1.82) is 0 Å². The van der Waals surface area contributed by atoms with Gasteiger partial charge in [-0.25, -0.2) is 0 Å². The number of carboxylic acid groups (broad SMARTS) is 1. The van der Waals surface area contributed by atoms with Crippen molar-refractivity contribution >= 4 is 11.9 Å². The number of benzene rings is 1. The Kier molecular flexibility index (Phi) is 4.97. The van der Waals surface area contributed by atoms with Crippen LogP contribution in [0.3, 0.4) is 0 Å². The van der Waals surface area contributed by atoms with Crippen LogP contribution in [0.25, 0.3) is 0 Å². The number of para-hydroxylation sites is 1. The van der Waals surface area contributed by atoms with Crippen LogP contribution in [-0.2, 0) is 16.0 Å². The Bertz CT molecular complexity index is 763. The summed E-state index contributed by atoms with van der Waals surface area (Å²) in [6.07, 6.45) is 3.53. The van der Waals surface area contributed by atoms with E-state index >= 15 is 0 Å². The van der Waals surface area contributed by atoms with Crippen LogP contribution in [-0.4, -0.2) is 47.1 Å². The first-order chi connectivity index (χ1) is 12.1. The van der Waals surface area contributed by atoms with Gasteiger partial charge in [-0.3, -0.25) is 14.6 Å². The second-order valence-electron chi connectivity index (χ2n) is 6.13. The van der Waals surface area contributed by atoms with Gasteiger partial charge in [0.1, 0.15) is 5.75 Å². The highest BCUT2D eigenvalue weighted by Crippen LogP contribution is 2.37. The number of carbonyl (C=O) groups excluding carboxylic acids is 1. The van der Waals surface area contributed by atoms with Gasteiger partial charge in [-0.2, -0.15) is 0 Å². The van der Waals surface area contributed by atoms with E-state index in [0.717, 1.165) is 11.1 Å². The van der Waals surface area contributed by atoms with E-state index < -0.39 is 11.9 Å². The quantitative estimate of drug-likeness (QED) is 0.900. The lowest BCUT2D eigenvalue weighted by Gasteiger charge is -2.18. The second-order valence-corrected chi connectivity index (χ2v) is 6.13. The van der Waals surface area contributed by atoms with Crippen LogP contribution >= 0.6 is 0 Å². The molecule has 1 aromatic heterocycles. The molecule has 2 heterocycles. The number of carbonyl (C=O) groups is 2. The first-order valence-corrected chi connectivity index (χ1v) is 8.12. The number of nitrogens with zero attached hydrogens (tertiary/aromatic N) is 2. The SMILES string of the molecule is COc1ccccc1[C@@H]1CN(C(=O)Cc2cccnc2)C[C@H]1C(=O)O. The summed E-state index contributed by atoms with van der Waals surface area (Å²) in [7, 11) is 1.56. The fraction of sp³-hybridized carbons (Fsp3) is 0.316. The van der Waals surface area contributed by atoms with Gasteiger partial charge in [-0.1, -0.05) is 24.3 Å². The predicted molar refractivity (Wildman–Crippen MR) is 91.4 cm³/mol. The van der Waals surface area contributed by atoms with Crippen LogP contribution in [0.5, 0.6) is 5.75 Å². The lowest BCUT2D eigenvalue weighted by molar-refractivity contribution is -0.141. The molecule has 1 aromatic carbocycles. The molecule has 25 heavy (non-hydrogen) atoms. The van der Waals surface area contributed by atoms with Crippen LogP contribution in [0.15, 0.2) is 48.8 Å². The zero-order chi connectivity index (χ0) is 17.8. The van der Waals surface area contributed by atoms with E-state index in [1.54, 1.807) is 30.5 Å². The molecule has 2 atom stereocenters. The second kappa shape index (κ2) is 7.34. The molecule has 1 N–H and O–H groups in total. The molecule has 1 amide bonds. The summed E-state index contributed by atoms with van der Waals surface area (Å²) in [5, 5.41) is 9.61. The molecule has 1 fully saturated rings. The standard InChI is InChI=1S/C19H20N2O4/c1-25-17-7-3-2-6-14(17)15-11-21(12-16(15)19(23)24)18(22)9-13-5-4-8-20-10-13/h2-8,10,15-16H,9,11-12H2,1H3,(H,23,24)/t15-,16+/m0/s1. The fourth-order valence-electron chi connectivity index (χ4n) is 3.33. The van der Waals surface area contributed by atoms with E-state index in [4.69, 9.17) is 4.74 Å². The number of aliphatic carboxylic acids is 1. The van der Waals surface area contributed by atoms with E-state index in [1.165, 1.54) is 0 Å². The fourth-order valence-corrected chi connectivity index (χ4v) is 3.33. The molecule has 130 valence electrons. The number of amides is 1. The minimum Gasteiger partial charge on any atom is -0.496 e. The average molecular weight is 340 g/mol. The Morgan fingerprint density at radius 3 is 2.72 bits per heavy atom. The third-order valence-corrected chi connectivity index (χ3v) is 4.61. The van der Waals surface area contributed by atoms with Crippen molar-refractivity contribution < 1.29 is 19.4 Å². The summed E-state index contributed by atoms with van der Waals surface area (Å²) in [5.41, 5.74) is 1.65. The van der Waals surface area contributed by atoms with Gasteiger partial charge in [0.2, 0.25) is 5.91 Å². The van der Waals surface area contributed by atoms with Gasteiger partial charge < -0.3 is 14.7 Å². The maximum absolute atomic E-state index is 12.6. The monoisotopic (exact) mass is 340 g/mol. The van der Waals surface area contributed by atoms with Crippen molar-refractivity contribution in [2.75, 3.05) is 20.2 Å². The average Bonchev–Trinajstić information content (AvgIpc) is 3.08. The van der Waals surface area contributed by atoms with E-state index in [2.05, 4.69) is 4.98 Å². The van der Waals surface area contributed by atoms with Gasteiger partial charge in [-0.15, -0.1) is 0 Å². The van der Waals surface area contributed by atoms with Crippen LogP contribution in [0, 0.1) is 5.92 Å². The van der Waals surface area contributed by atoms with Crippen molar-refractivity contribution in [3.05, 3.63) is 59.9 Å². The zero-order valence-corrected chi connectivity index (χ0v) is 14.0. The van der Waals surface area contributed by atoms with Crippen LogP contribution in [0.4, 0.5) is 0 Å². The number of rotatable bonds is 5. The molecule has 6 nitrogen and oxygen atoms in total. The first-order valence-electron chi connectivity index (χ1n) is 8.12. The third kappa shape index (κ3) is 3.63. The minimum atomic E-state index is -0.896. The molecule has 0 aliphatic carbocycles. The van der Waals surface area contributed by atoms with Gasteiger partial charge in [-0.05, 0) is 23.3 Å². The van der Waals surface area contributed by atoms with Crippen molar-refractivity contribution in [3.63, 3.8) is 0 Å². The molecular weight excluding hydrogens is 320 g/mol. The van der Waals surface area contributed by atoms with Crippen molar-refractivity contribution in [2.24, 2.45) is 5.92 Å². The zero-order valence-electron chi connectivity index (χ0n) is 14.0. The van der Waals surface area contributed by atoms with E-state index in [-0.39, 0.29) is 24.8 Å². The summed E-state index contributed by atoms with van der Waals surface area (Å²) in [5.74, 6) is -1.26. The Morgan fingerprint density at radius 1 is 1.24 bits per heavy atom. The van der Waals surface area contributed by atoms with Crippen LogP contribution in [0.1, 0.15) is 17.0 Å². The van der Waals surface area contributed by atoms with Crippen LogP contribution in [0.2, 0.25) is 0 Å². The van der Waals surface area contributed by atoms with Gasteiger partial charge in [0.25, 0.3) is 0 Å². The molecule has 1 aliphatic heterocycles. The number of ether oxygens (including phenoxy) is 1. The van der Waals surface area contributed by atoms with Crippen LogP contribution < -0.4 is 4.74 Å². The van der Waals surface area contributed by atoms with Crippen molar-refractivity contribution in [2.45, 2.75) is 12.3 Å². The number of hydrogen-bond donors (Lipinski definition) is 1. The maximum atomic E-state index is 12.6. The summed E-state index contributed by atoms with van der Waals surface area (Å²) in [4.78, 5) is 30.0. The predicted octanol–water partition coefficient (Wildman–Crippen LogP) is 1.96. The molecule has 3 rings (SSSR count). The van der Waals surface area contributed by atoms with Gasteiger partial charge >= 0.3 is 5.97 Å². The molecule has 1 saturated heterocycles. The Balaban J connectivity index is 1.81. The van der Waals surface area contributed by atoms with Gasteiger partial charge in [0, 0.05) is 31.4 Å². The number of aromatic nitrogens is 1. The number of carboxylic acids is 1. The molecule has 0 bridgehead atoms. The number of pyridine rings is 1. The molecule has 0 saturated carbocycles. The Morgan fingerprint density at radius 2 is 2.04 bits per heavy atom. The number of hydrogen-bond acceptors (Lipinski definition) is 4.